The highest BCUT2D eigenvalue weighted by Crippen LogP contribution is 2.07. The van der Waals surface area contributed by atoms with Crippen LogP contribution >= 0.6 is 0 Å². The first-order chi connectivity index (χ1) is 6.45. The molecular formula is C9H14N4. The van der Waals surface area contributed by atoms with Gasteiger partial charge >= 0.3 is 0 Å². The Balaban J connectivity index is 1.79. The Bertz CT molecular complexity index is 243. The van der Waals surface area contributed by atoms with Crippen LogP contribution in [0.2, 0.25) is 0 Å². The van der Waals surface area contributed by atoms with Crippen LogP contribution in [0, 0.1) is 5.92 Å². The molecule has 1 aromatic rings. The van der Waals surface area contributed by atoms with Gasteiger partial charge in [0.05, 0.1) is 0 Å². The van der Waals surface area contributed by atoms with E-state index in [2.05, 4.69) is 20.6 Å². The van der Waals surface area contributed by atoms with Crippen LogP contribution in [0.5, 0.6) is 0 Å². The Morgan fingerprint density at radius 2 is 2.31 bits per heavy atom. The minimum atomic E-state index is 0.726. The first-order valence-electron chi connectivity index (χ1n) is 4.67. The van der Waals surface area contributed by atoms with Gasteiger partial charge in [-0.25, -0.2) is 9.97 Å². The van der Waals surface area contributed by atoms with E-state index in [4.69, 9.17) is 0 Å². The molecule has 4 heteroatoms. The molecule has 0 saturated carbocycles. The van der Waals surface area contributed by atoms with Crippen molar-refractivity contribution in [2.45, 2.75) is 6.42 Å². The second-order valence-electron chi connectivity index (χ2n) is 3.31. The number of rotatable bonds is 3. The van der Waals surface area contributed by atoms with Gasteiger partial charge in [-0.1, -0.05) is 0 Å². The predicted octanol–water partition coefficient (Wildman–Crippen LogP) is 0.498. The molecule has 0 aliphatic carbocycles. The number of aromatic nitrogens is 2. The molecule has 0 bridgehead atoms. The number of hydrogen-bond donors (Lipinski definition) is 2. The number of nitrogens with zero attached hydrogens (tertiary/aromatic N) is 2. The van der Waals surface area contributed by atoms with E-state index < -0.39 is 0 Å². The van der Waals surface area contributed by atoms with Crippen molar-refractivity contribution >= 4 is 5.95 Å². The molecule has 0 radical (unpaired) electrons. The average Bonchev–Trinajstić information content (AvgIpc) is 2.69. The summed E-state index contributed by atoms with van der Waals surface area (Å²) in [5, 5.41) is 6.55. The van der Waals surface area contributed by atoms with E-state index in [0.717, 1.165) is 31.5 Å². The molecule has 1 fully saturated rings. The Kier molecular flexibility index (Phi) is 2.72. The van der Waals surface area contributed by atoms with Crippen molar-refractivity contribution in [1.82, 2.24) is 15.3 Å². The lowest BCUT2D eigenvalue weighted by Crippen LogP contribution is -2.18. The molecule has 1 aromatic heterocycles. The van der Waals surface area contributed by atoms with E-state index in [1.807, 2.05) is 6.07 Å². The van der Waals surface area contributed by atoms with Crippen LogP contribution in [-0.2, 0) is 0 Å². The second-order valence-corrected chi connectivity index (χ2v) is 3.31. The largest absolute Gasteiger partial charge is 0.354 e. The summed E-state index contributed by atoms with van der Waals surface area (Å²) >= 11 is 0. The van der Waals surface area contributed by atoms with E-state index in [1.165, 1.54) is 6.42 Å². The zero-order chi connectivity index (χ0) is 8.93. The predicted molar refractivity (Wildman–Crippen MR) is 51.5 cm³/mol. The maximum atomic E-state index is 4.10. The Morgan fingerprint density at radius 1 is 1.46 bits per heavy atom. The average molecular weight is 178 g/mol. The van der Waals surface area contributed by atoms with Crippen LogP contribution in [0.3, 0.4) is 0 Å². The van der Waals surface area contributed by atoms with Crippen LogP contribution in [0.25, 0.3) is 0 Å². The fourth-order valence-corrected chi connectivity index (χ4v) is 1.51. The van der Waals surface area contributed by atoms with Gasteiger partial charge in [-0.15, -0.1) is 0 Å². The van der Waals surface area contributed by atoms with Gasteiger partial charge in [0, 0.05) is 18.9 Å². The second kappa shape index (κ2) is 4.18. The fraction of sp³-hybridized carbons (Fsp3) is 0.556. The van der Waals surface area contributed by atoms with Gasteiger partial charge in [0.2, 0.25) is 5.95 Å². The van der Waals surface area contributed by atoms with Gasteiger partial charge in [-0.05, 0) is 31.5 Å². The Labute approximate surface area is 77.8 Å². The van der Waals surface area contributed by atoms with Crippen molar-refractivity contribution in [3.05, 3.63) is 18.5 Å². The van der Waals surface area contributed by atoms with Crippen molar-refractivity contribution in [2.75, 3.05) is 25.0 Å². The van der Waals surface area contributed by atoms with E-state index in [1.54, 1.807) is 12.4 Å². The molecule has 4 nitrogen and oxygen atoms in total. The van der Waals surface area contributed by atoms with Crippen molar-refractivity contribution in [1.29, 1.82) is 0 Å². The van der Waals surface area contributed by atoms with Gasteiger partial charge in [0.1, 0.15) is 0 Å². The van der Waals surface area contributed by atoms with Crippen LogP contribution in [0.15, 0.2) is 18.5 Å². The molecule has 2 heterocycles. The van der Waals surface area contributed by atoms with Crippen molar-refractivity contribution in [3.8, 4) is 0 Å². The molecule has 1 saturated heterocycles. The molecule has 0 aromatic carbocycles. The van der Waals surface area contributed by atoms with Crippen molar-refractivity contribution in [3.63, 3.8) is 0 Å². The minimum absolute atomic E-state index is 0.726. The quantitative estimate of drug-likeness (QED) is 0.707. The minimum Gasteiger partial charge on any atom is -0.354 e. The summed E-state index contributed by atoms with van der Waals surface area (Å²) in [4.78, 5) is 8.19. The first-order valence-corrected chi connectivity index (χ1v) is 4.67. The van der Waals surface area contributed by atoms with Crippen molar-refractivity contribution in [2.24, 2.45) is 5.92 Å². The van der Waals surface area contributed by atoms with E-state index in [-0.39, 0.29) is 0 Å². The van der Waals surface area contributed by atoms with Gasteiger partial charge in [-0.2, -0.15) is 0 Å². The number of hydrogen-bond acceptors (Lipinski definition) is 4. The molecule has 0 spiro atoms. The summed E-state index contributed by atoms with van der Waals surface area (Å²) in [6, 6.07) is 1.82. The smallest absolute Gasteiger partial charge is 0.222 e. The highest BCUT2D eigenvalue weighted by atomic mass is 15.1. The Hall–Kier alpha value is -1.16. The van der Waals surface area contributed by atoms with Gasteiger partial charge in [0.15, 0.2) is 0 Å². The standard InChI is InChI=1S/C9H14N4/c1-3-11-9(12-4-1)13-7-8-2-5-10-6-8/h1,3-4,8,10H,2,5-7H2,(H,11,12,13)/t8-/m1/s1. The molecule has 0 amide bonds. The SMILES string of the molecule is c1cnc(NC[C@@H]2CCNC2)nc1. The van der Waals surface area contributed by atoms with Crippen LogP contribution in [0.1, 0.15) is 6.42 Å². The fourth-order valence-electron chi connectivity index (χ4n) is 1.51. The van der Waals surface area contributed by atoms with Crippen LogP contribution in [-0.4, -0.2) is 29.6 Å². The third kappa shape index (κ3) is 2.39. The topological polar surface area (TPSA) is 49.8 Å². The molecule has 13 heavy (non-hydrogen) atoms. The monoisotopic (exact) mass is 178 g/mol. The molecule has 0 unspecified atom stereocenters. The van der Waals surface area contributed by atoms with Gasteiger partial charge < -0.3 is 10.6 Å². The summed E-state index contributed by atoms with van der Waals surface area (Å²) in [7, 11) is 0. The summed E-state index contributed by atoms with van der Waals surface area (Å²) in [6.07, 6.45) is 4.75. The third-order valence-corrected chi connectivity index (χ3v) is 2.28. The van der Waals surface area contributed by atoms with Crippen molar-refractivity contribution < 1.29 is 0 Å². The lowest BCUT2D eigenvalue weighted by atomic mass is 10.1. The summed E-state index contributed by atoms with van der Waals surface area (Å²) in [6.45, 7) is 3.22. The molecule has 70 valence electrons. The van der Waals surface area contributed by atoms with Crippen LogP contribution in [0.4, 0.5) is 5.95 Å². The number of anilines is 1. The zero-order valence-corrected chi connectivity index (χ0v) is 7.53. The zero-order valence-electron chi connectivity index (χ0n) is 7.53. The maximum absolute atomic E-state index is 4.10. The summed E-state index contributed by atoms with van der Waals surface area (Å²) < 4.78 is 0. The van der Waals surface area contributed by atoms with Gasteiger partial charge in [0.25, 0.3) is 0 Å². The molecule has 1 aliphatic rings. The highest BCUT2D eigenvalue weighted by Gasteiger charge is 2.13. The molecule has 1 atom stereocenters. The van der Waals surface area contributed by atoms with E-state index in [0.29, 0.717) is 0 Å². The molecular weight excluding hydrogens is 164 g/mol. The van der Waals surface area contributed by atoms with Crippen LogP contribution < -0.4 is 10.6 Å². The van der Waals surface area contributed by atoms with E-state index >= 15 is 0 Å². The van der Waals surface area contributed by atoms with Gasteiger partial charge in [-0.3, -0.25) is 0 Å². The molecule has 2 N–H and O–H groups in total. The summed E-state index contributed by atoms with van der Waals surface area (Å²) in [5.41, 5.74) is 0. The normalized spacial score (nSPS) is 21.7. The molecule has 1 aliphatic heterocycles. The lowest BCUT2D eigenvalue weighted by molar-refractivity contribution is 0.613. The third-order valence-electron chi connectivity index (χ3n) is 2.28. The highest BCUT2D eigenvalue weighted by molar-refractivity contribution is 5.22. The molecule has 2 rings (SSSR count). The Morgan fingerprint density at radius 3 is 3.00 bits per heavy atom. The lowest BCUT2D eigenvalue weighted by Gasteiger charge is -2.08. The summed E-state index contributed by atoms with van der Waals surface area (Å²) in [5.74, 6) is 1.46. The number of nitrogens with one attached hydrogen (secondary N) is 2. The maximum Gasteiger partial charge on any atom is 0.222 e. The first kappa shape index (κ1) is 8.44. The van der Waals surface area contributed by atoms with E-state index in [9.17, 15) is 0 Å².